The smallest absolute Gasteiger partial charge is 0.0398 e. The molecule has 1 heteroatoms. The van der Waals surface area contributed by atoms with Crippen LogP contribution in [0.2, 0.25) is 0 Å². The van der Waals surface area contributed by atoms with Crippen molar-refractivity contribution in [1.29, 1.82) is 0 Å². The molecule has 4 bridgehead atoms. The highest BCUT2D eigenvalue weighted by atomic mass is 35.5. The molecule has 0 aromatic carbocycles. The van der Waals surface area contributed by atoms with Crippen LogP contribution in [0.5, 0.6) is 0 Å². The Morgan fingerprint density at radius 2 is 1.75 bits per heavy atom. The zero-order chi connectivity index (χ0) is 5.30. The second-order valence-corrected chi connectivity index (χ2v) is 4.08. The molecule has 4 aliphatic rings. The first-order chi connectivity index (χ1) is 3.88. The summed E-state index contributed by atoms with van der Waals surface area (Å²) in [7, 11) is 0. The Kier molecular flexibility index (Phi) is 0.502. The van der Waals surface area contributed by atoms with E-state index in [9.17, 15) is 0 Å². The van der Waals surface area contributed by atoms with E-state index in [2.05, 4.69) is 0 Å². The van der Waals surface area contributed by atoms with Gasteiger partial charge in [0, 0.05) is 5.38 Å². The van der Waals surface area contributed by atoms with Crippen molar-refractivity contribution in [3.05, 3.63) is 0 Å². The molecule has 44 valence electrons. The van der Waals surface area contributed by atoms with Crippen molar-refractivity contribution in [1.82, 2.24) is 0 Å². The fourth-order valence-corrected chi connectivity index (χ4v) is 3.56. The maximum atomic E-state index is 6.10. The lowest BCUT2D eigenvalue weighted by Gasteiger charge is -2.01. The molecule has 0 radical (unpaired) electrons. The molecule has 0 N–H and O–H groups in total. The van der Waals surface area contributed by atoms with Gasteiger partial charge >= 0.3 is 0 Å². The van der Waals surface area contributed by atoms with Crippen molar-refractivity contribution >= 4 is 11.6 Å². The van der Waals surface area contributed by atoms with Crippen LogP contribution in [-0.2, 0) is 0 Å². The monoisotopic (exact) mass is 128 g/mol. The second kappa shape index (κ2) is 0.965. The molecule has 8 heavy (non-hydrogen) atoms. The van der Waals surface area contributed by atoms with Gasteiger partial charge in [-0.3, -0.25) is 0 Å². The summed E-state index contributed by atoms with van der Waals surface area (Å²) in [6.45, 7) is 0. The maximum Gasteiger partial charge on any atom is 0.0398 e. The van der Waals surface area contributed by atoms with Crippen LogP contribution in [-0.4, -0.2) is 5.38 Å². The Morgan fingerprint density at radius 1 is 1.12 bits per heavy atom. The van der Waals surface area contributed by atoms with Gasteiger partial charge in [-0.25, -0.2) is 0 Å². The van der Waals surface area contributed by atoms with Crippen LogP contribution in [0.15, 0.2) is 0 Å². The molecule has 0 heterocycles. The summed E-state index contributed by atoms with van der Waals surface area (Å²) < 4.78 is 0. The molecule has 0 nitrogen and oxygen atoms in total. The van der Waals surface area contributed by atoms with Crippen molar-refractivity contribution in [3.63, 3.8) is 0 Å². The van der Waals surface area contributed by atoms with Crippen molar-refractivity contribution in [2.45, 2.75) is 18.2 Å². The first kappa shape index (κ1) is 4.16. The van der Waals surface area contributed by atoms with Gasteiger partial charge in [-0.2, -0.15) is 0 Å². The fraction of sp³-hybridized carbons (Fsp3) is 1.00. The lowest BCUT2D eigenvalue weighted by Crippen LogP contribution is -2.01. The van der Waals surface area contributed by atoms with Gasteiger partial charge in [-0.05, 0) is 36.5 Å². The summed E-state index contributed by atoms with van der Waals surface area (Å²) >= 11 is 6.10. The number of alkyl halides is 1. The zero-order valence-electron chi connectivity index (χ0n) is 4.68. The predicted molar refractivity (Wildman–Crippen MR) is 32.8 cm³/mol. The molecule has 0 aromatic heterocycles. The van der Waals surface area contributed by atoms with E-state index in [0.717, 1.165) is 23.7 Å². The largest absolute Gasteiger partial charge is 0.122 e. The van der Waals surface area contributed by atoms with Crippen molar-refractivity contribution < 1.29 is 0 Å². The Balaban J connectivity index is 2.10. The predicted octanol–water partition coefficient (Wildman–Crippen LogP) is 1.88. The van der Waals surface area contributed by atoms with Crippen LogP contribution in [0, 0.1) is 23.7 Å². The van der Waals surface area contributed by atoms with Crippen molar-refractivity contribution in [2.75, 3.05) is 0 Å². The van der Waals surface area contributed by atoms with Crippen LogP contribution in [0.1, 0.15) is 12.8 Å². The summed E-state index contributed by atoms with van der Waals surface area (Å²) in [4.78, 5) is 0. The lowest BCUT2D eigenvalue weighted by atomic mass is 10.1. The highest BCUT2D eigenvalue weighted by Crippen LogP contribution is 2.71. The standard InChI is InChI=1S/C7H9Cl/c8-7-3-1-4-5(2-3)6(4)7/h3-7H,1-2H2/t3?,4-,5-,6?,7+/m0/s1. The van der Waals surface area contributed by atoms with E-state index in [4.69, 9.17) is 11.6 Å². The van der Waals surface area contributed by atoms with Crippen LogP contribution in [0.4, 0.5) is 0 Å². The molecule has 4 rings (SSSR count). The van der Waals surface area contributed by atoms with Gasteiger partial charge in [0.05, 0.1) is 0 Å². The van der Waals surface area contributed by atoms with Gasteiger partial charge in [-0.15, -0.1) is 11.6 Å². The molecule has 0 saturated heterocycles. The number of hydrogen-bond donors (Lipinski definition) is 0. The first-order valence-electron chi connectivity index (χ1n) is 3.52. The molecular weight excluding hydrogens is 120 g/mol. The van der Waals surface area contributed by atoms with E-state index in [1.54, 1.807) is 0 Å². The molecule has 0 amide bonds. The third kappa shape index (κ3) is 0.255. The molecule has 4 fully saturated rings. The van der Waals surface area contributed by atoms with Gasteiger partial charge < -0.3 is 0 Å². The fourth-order valence-electron chi connectivity index (χ4n) is 2.98. The van der Waals surface area contributed by atoms with Crippen LogP contribution in [0.3, 0.4) is 0 Å². The van der Waals surface area contributed by atoms with Crippen molar-refractivity contribution in [3.8, 4) is 0 Å². The van der Waals surface area contributed by atoms with Gasteiger partial charge in [-0.1, -0.05) is 0 Å². The third-order valence-corrected chi connectivity index (χ3v) is 4.01. The van der Waals surface area contributed by atoms with Crippen LogP contribution >= 0.6 is 11.6 Å². The molecule has 0 aromatic rings. The summed E-state index contributed by atoms with van der Waals surface area (Å²) in [5.74, 6) is 4.13. The topological polar surface area (TPSA) is 0 Å². The number of rotatable bonds is 0. The highest BCUT2D eigenvalue weighted by molar-refractivity contribution is 6.21. The van der Waals surface area contributed by atoms with Gasteiger partial charge in [0.25, 0.3) is 0 Å². The molecule has 0 spiro atoms. The molecule has 0 unspecified atom stereocenters. The summed E-state index contributed by atoms with van der Waals surface area (Å²) in [5.41, 5.74) is 0. The van der Waals surface area contributed by atoms with Gasteiger partial charge in [0.15, 0.2) is 0 Å². The Bertz CT molecular complexity index is 129. The van der Waals surface area contributed by atoms with Crippen LogP contribution < -0.4 is 0 Å². The maximum absolute atomic E-state index is 6.10. The third-order valence-electron chi connectivity index (χ3n) is 3.37. The van der Waals surface area contributed by atoms with E-state index >= 15 is 0 Å². The normalized spacial score (nSPS) is 73.9. The number of hydrogen-bond acceptors (Lipinski definition) is 0. The summed E-state index contributed by atoms with van der Waals surface area (Å²) in [5, 5.41) is 0.602. The average Bonchev–Trinajstić information content (AvgIpc) is 2.23. The average molecular weight is 129 g/mol. The molecule has 3 atom stereocenters. The quantitative estimate of drug-likeness (QED) is 0.437. The Morgan fingerprint density at radius 3 is 1.88 bits per heavy atom. The van der Waals surface area contributed by atoms with E-state index < -0.39 is 0 Å². The lowest BCUT2D eigenvalue weighted by molar-refractivity contribution is 0.610. The number of halogens is 1. The van der Waals surface area contributed by atoms with E-state index in [1.165, 1.54) is 12.8 Å². The van der Waals surface area contributed by atoms with Crippen LogP contribution in [0.25, 0.3) is 0 Å². The Hall–Kier alpha value is 0.290. The highest BCUT2D eigenvalue weighted by Gasteiger charge is 2.67. The SMILES string of the molecule is Cl[C@@H]1C2C[C@@H]3C1[C@H]3C2. The Labute approximate surface area is 54.2 Å². The van der Waals surface area contributed by atoms with E-state index in [-0.39, 0.29) is 0 Å². The molecular formula is C7H9Cl. The summed E-state index contributed by atoms with van der Waals surface area (Å²) in [6, 6.07) is 0. The second-order valence-electron chi connectivity index (χ2n) is 3.58. The van der Waals surface area contributed by atoms with E-state index in [0.29, 0.717) is 5.38 Å². The summed E-state index contributed by atoms with van der Waals surface area (Å²) in [6.07, 6.45) is 2.95. The minimum absolute atomic E-state index is 0.602. The zero-order valence-corrected chi connectivity index (χ0v) is 5.43. The van der Waals surface area contributed by atoms with Crippen molar-refractivity contribution in [2.24, 2.45) is 23.7 Å². The van der Waals surface area contributed by atoms with Gasteiger partial charge in [0.2, 0.25) is 0 Å². The van der Waals surface area contributed by atoms with E-state index in [1.807, 2.05) is 0 Å². The minimum atomic E-state index is 0.602. The minimum Gasteiger partial charge on any atom is -0.122 e. The first-order valence-corrected chi connectivity index (χ1v) is 3.95. The molecule has 4 aliphatic carbocycles. The van der Waals surface area contributed by atoms with Gasteiger partial charge in [0.1, 0.15) is 0 Å². The molecule has 0 aliphatic heterocycles. The molecule has 4 saturated carbocycles.